The predicted molar refractivity (Wildman–Crippen MR) is 65.5 cm³/mol. The molecule has 86 valence electrons. The molecule has 0 radical (unpaired) electrons. The second-order valence-electron chi connectivity index (χ2n) is 5.08. The van der Waals surface area contributed by atoms with Crippen LogP contribution >= 0.6 is 0 Å². The largest absolute Gasteiger partial charge is 0.395 e. The molecule has 3 nitrogen and oxygen atoms in total. The molecule has 0 atom stereocenters. The molecular weight excluding hydrogens is 200 g/mol. The molecule has 0 amide bonds. The minimum atomic E-state index is 0.0951. The zero-order chi connectivity index (χ0) is 11.8. The molecule has 1 aromatic carbocycles. The maximum atomic E-state index is 8.98. The van der Waals surface area contributed by atoms with Gasteiger partial charge in [0.1, 0.15) is 0 Å². The van der Waals surface area contributed by atoms with Gasteiger partial charge in [0.2, 0.25) is 0 Å². The summed E-state index contributed by atoms with van der Waals surface area (Å²) in [6, 6.07) is 6.23. The second-order valence-corrected chi connectivity index (χ2v) is 5.08. The Morgan fingerprint density at radius 2 is 2.06 bits per heavy atom. The summed E-state index contributed by atoms with van der Waals surface area (Å²) in [6.45, 7) is 7.31. The number of aromatic nitrogens is 2. The number of hydrogen-bond donors (Lipinski definition) is 1. The predicted octanol–water partition coefficient (Wildman–Crippen LogP) is 2.33. The van der Waals surface area contributed by atoms with Gasteiger partial charge in [-0.25, -0.2) is 4.98 Å². The Bertz CT molecular complexity index is 494. The second kappa shape index (κ2) is 3.91. The van der Waals surface area contributed by atoms with Crippen LogP contribution in [0.1, 0.15) is 26.3 Å². The van der Waals surface area contributed by atoms with Crippen molar-refractivity contribution in [2.75, 3.05) is 6.61 Å². The van der Waals surface area contributed by atoms with Crippen LogP contribution in [0.5, 0.6) is 0 Å². The Balaban J connectivity index is 2.62. The van der Waals surface area contributed by atoms with Crippen LogP contribution in [0.2, 0.25) is 0 Å². The molecule has 0 bridgehead atoms. The molecule has 16 heavy (non-hydrogen) atoms. The van der Waals surface area contributed by atoms with Crippen molar-refractivity contribution in [1.82, 2.24) is 9.55 Å². The summed E-state index contributed by atoms with van der Waals surface area (Å²) in [5, 5.41) is 8.98. The van der Waals surface area contributed by atoms with Gasteiger partial charge in [-0.05, 0) is 17.0 Å². The van der Waals surface area contributed by atoms with Gasteiger partial charge < -0.3 is 9.67 Å². The fourth-order valence-corrected chi connectivity index (χ4v) is 1.98. The first-order valence-electron chi connectivity index (χ1n) is 5.59. The molecule has 3 heteroatoms. The lowest BCUT2D eigenvalue weighted by molar-refractivity contribution is 0.278. The van der Waals surface area contributed by atoms with Gasteiger partial charge in [0.05, 0.1) is 24.0 Å². The molecule has 1 N–H and O–H groups in total. The van der Waals surface area contributed by atoms with Crippen LogP contribution in [-0.4, -0.2) is 21.3 Å². The molecule has 0 aliphatic heterocycles. The van der Waals surface area contributed by atoms with Crippen molar-refractivity contribution in [2.24, 2.45) is 0 Å². The van der Waals surface area contributed by atoms with Gasteiger partial charge in [0.25, 0.3) is 0 Å². The fourth-order valence-electron chi connectivity index (χ4n) is 1.98. The summed E-state index contributed by atoms with van der Waals surface area (Å²) in [6.07, 6.45) is 1.80. The standard InChI is InChI=1S/C13H18N2O/c1-13(2,3)10-5-4-6-11-12(10)14-9-15(11)7-8-16/h4-6,9,16H,7-8H2,1-3H3. The molecule has 2 rings (SSSR count). The van der Waals surface area contributed by atoms with E-state index >= 15 is 0 Å². The molecule has 1 aromatic heterocycles. The van der Waals surface area contributed by atoms with E-state index in [0.717, 1.165) is 11.0 Å². The van der Waals surface area contributed by atoms with E-state index < -0.39 is 0 Å². The summed E-state index contributed by atoms with van der Waals surface area (Å²) in [7, 11) is 0. The third kappa shape index (κ3) is 1.83. The van der Waals surface area contributed by atoms with Crippen molar-refractivity contribution in [3.05, 3.63) is 30.1 Å². The van der Waals surface area contributed by atoms with Crippen LogP contribution in [-0.2, 0) is 12.0 Å². The molecule has 0 saturated heterocycles. The maximum absolute atomic E-state index is 8.98. The van der Waals surface area contributed by atoms with Crippen LogP contribution in [0.25, 0.3) is 11.0 Å². The molecule has 0 aliphatic carbocycles. The highest BCUT2D eigenvalue weighted by molar-refractivity contribution is 5.80. The number of para-hydroxylation sites is 1. The topological polar surface area (TPSA) is 38.0 Å². The quantitative estimate of drug-likeness (QED) is 0.840. The zero-order valence-corrected chi connectivity index (χ0v) is 10.1. The van der Waals surface area contributed by atoms with Crippen LogP contribution < -0.4 is 0 Å². The first-order valence-corrected chi connectivity index (χ1v) is 5.59. The van der Waals surface area contributed by atoms with E-state index in [1.165, 1.54) is 5.56 Å². The summed E-state index contributed by atoms with van der Waals surface area (Å²) < 4.78 is 1.99. The highest BCUT2D eigenvalue weighted by atomic mass is 16.3. The van der Waals surface area contributed by atoms with Gasteiger partial charge in [-0.15, -0.1) is 0 Å². The lowest BCUT2D eigenvalue weighted by atomic mass is 9.86. The van der Waals surface area contributed by atoms with E-state index in [9.17, 15) is 0 Å². The van der Waals surface area contributed by atoms with Gasteiger partial charge >= 0.3 is 0 Å². The van der Waals surface area contributed by atoms with Crippen LogP contribution in [0.3, 0.4) is 0 Å². The highest BCUT2D eigenvalue weighted by Gasteiger charge is 2.18. The number of fused-ring (bicyclic) bond motifs is 1. The number of nitrogens with zero attached hydrogens (tertiary/aromatic N) is 2. The minimum Gasteiger partial charge on any atom is -0.395 e. The van der Waals surface area contributed by atoms with E-state index in [0.29, 0.717) is 6.54 Å². The molecule has 0 unspecified atom stereocenters. The smallest absolute Gasteiger partial charge is 0.0959 e. The number of hydrogen-bond acceptors (Lipinski definition) is 2. The molecular formula is C13H18N2O. The molecule has 0 saturated carbocycles. The van der Waals surface area contributed by atoms with Crippen molar-refractivity contribution >= 4 is 11.0 Å². The Labute approximate surface area is 95.7 Å². The Hall–Kier alpha value is -1.35. The van der Waals surface area contributed by atoms with Crippen molar-refractivity contribution in [3.63, 3.8) is 0 Å². The van der Waals surface area contributed by atoms with Gasteiger partial charge in [-0.3, -0.25) is 0 Å². The molecule has 2 aromatic rings. The number of aliphatic hydroxyl groups excluding tert-OH is 1. The van der Waals surface area contributed by atoms with E-state index in [2.05, 4.69) is 37.9 Å². The van der Waals surface area contributed by atoms with Gasteiger partial charge in [0.15, 0.2) is 0 Å². The van der Waals surface area contributed by atoms with Crippen molar-refractivity contribution < 1.29 is 5.11 Å². The number of imidazole rings is 1. The molecule has 0 aliphatic rings. The summed E-state index contributed by atoms with van der Waals surface area (Å²) >= 11 is 0. The number of rotatable bonds is 2. The zero-order valence-electron chi connectivity index (χ0n) is 10.1. The first-order chi connectivity index (χ1) is 7.54. The van der Waals surface area contributed by atoms with Crippen LogP contribution in [0, 0.1) is 0 Å². The average molecular weight is 218 g/mol. The third-order valence-electron chi connectivity index (χ3n) is 2.80. The Kier molecular flexibility index (Phi) is 2.72. The lowest BCUT2D eigenvalue weighted by Crippen LogP contribution is -2.11. The van der Waals surface area contributed by atoms with Crippen LogP contribution in [0.15, 0.2) is 24.5 Å². The third-order valence-corrected chi connectivity index (χ3v) is 2.80. The van der Waals surface area contributed by atoms with Gasteiger partial charge in [-0.2, -0.15) is 0 Å². The van der Waals surface area contributed by atoms with Crippen molar-refractivity contribution in [1.29, 1.82) is 0 Å². The highest BCUT2D eigenvalue weighted by Crippen LogP contribution is 2.28. The van der Waals surface area contributed by atoms with Crippen molar-refractivity contribution in [2.45, 2.75) is 32.7 Å². The first kappa shape index (κ1) is 11.1. The summed E-state index contributed by atoms with van der Waals surface area (Å²) in [5.41, 5.74) is 3.49. The maximum Gasteiger partial charge on any atom is 0.0959 e. The summed E-state index contributed by atoms with van der Waals surface area (Å²) in [4.78, 5) is 4.46. The van der Waals surface area contributed by atoms with E-state index in [1.807, 2.05) is 10.6 Å². The van der Waals surface area contributed by atoms with E-state index in [4.69, 9.17) is 5.11 Å². The average Bonchev–Trinajstić information content (AvgIpc) is 2.61. The van der Waals surface area contributed by atoms with E-state index in [-0.39, 0.29) is 12.0 Å². The molecule has 0 spiro atoms. The normalized spacial score (nSPS) is 12.2. The SMILES string of the molecule is CC(C)(C)c1cccc2c1ncn2CCO. The molecule has 0 fully saturated rings. The monoisotopic (exact) mass is 218 g/mol. The lowest BCUT2D eigenvalue weighted by Gasteiger charge is -2.19. The Morgan fingerprint density at radius 1 is 1.31 bits per heavy atom. The number of benzene rings is 1. The number of aliphatic hydroxyl groups is 1. The minimum absolute atomic E-state index is 0.0951. The van der Waals surface area contributed by atoms with E-state index in [1.54, 1.807) is 6.33 Å². The van der Waals surface area contributed by atoms with Crippen molar-refractivity contribution in [3.8, 4) is 0 Å². The molecule has 1 heterocycles. The fraction of sp³-hybridized carbons (Fsp3) is 0.462. The van der Waals surface area contributed by atoms with Crippen LogP contribution in [0.4, 0.5) is 0 Å². The van der Waals surface area contributed by atoms with Gasteiger partial charge in [0, 0.05) is 6.54 Å². The Morgan fingerprint density at radius 3 is 2.69 bits per heavy atom. The van der Waals surface area contributed by atoms with Gasteiger partial charge in [-0.1, -0.05) is 32.9 Å². The summed E-state index contributed by atoms with van der Waals surface area (Å²) in [5.74, 6) is 0.